The normalized spacial score (nSPS) is 17.7. The quantitative estimate of drug-likeness (QED) is 0.816. The number of carbonyl (C=O) groups excluding carboxylic acids is 2. The average Bonchev–Trinajstić information content (AvgIpc) is 2.68. The van der Waals surface area contributed by atoms with Gasteiger partial charge >= 0.3 is 0 Å². The van der Waals surface area contributed by atoms with Crippen LogP contribution in [0.25, 0.3) is 0 Å². The largest absolute Gasteiger partial charge is 0.343 e. The molecular formula is C15H19NO2. The van der Waals surface area contributed by atoms with Crippen LogP contribution in [0.1, 0.15) is 36.2 Å². The summed E-state index contributed by atoms with van der Waals surface area (Å²) in [6.07, 6.45) is 1.05. The van der Waals surface area contributed by atoms with Crippen molar-refractivity contribution in [2.24, 2.45) is 5.92 Å². The molecule has 1 amide bonds. The van der Waals surface area contributed by atoms with E-state index in [1.807, 2.05) is 38.1 Å². The monoisotopic (exact) mass is 245 g/mol. The third kappa shape index (κ3) is 2.30. The molecule has 0 bridgehead atoms. The first-order chi connectivity index (χ1) is 8.67. The van der Waals surface area contributed by atoms with Crippen LogP contribution in [0.5, 0.6) is 0 Å². The fourth-order valence-electron chi connectivity index (χ4n) is 2.60. The van der Waals surface area contributed by atoms with Gasteiger partial charge in [0.1, 0.15) is 0 Å². The van der Waals surface area contributed by atoms with Gasteiger partial charge in [0.25, 0.3) is 0 Å². The molecule has 0 saturated heterocycles. The first kappa shape index (κ1) is 12.8. The fourth-order valence-corrected chi connectivity index (χ4v) is 2.60. The highest BCUT2D eigenvalue weighted by Gasteiger charge is 2.32. The van der Waals surface area contributed by atoms with E-state index in [2.05, 4.69) is 0 Å². The van der Waals surface area contributed by atoms with Gasteiger partial charge in [-0.1, -0.05) is 24.3 Å². The van der Waals surface area contributed by atoms with E-state index >= 15 is 0 Å². The highest BCUT2D eigenvalue weighted by Crippen LogP contribution is 2.28. The number of Topliss-reactive ketones (excluding diaryl/α,β-unsaturated/α-hetero) is 1. The molecule has 2 rings (SSSR count). The number of hydrogen-bond donors (Lipinski definition) is 0. The van der Waals surface area contributed by atoms with Crippen LogP contribution in [0, 0.1) is 5.92 Å². The number of rotatable bonds is 4. The van der Waals surface area contributed by atoms with Crippen LogP contribution in [0.15, 0.2) is 24.3 Å². The summed E-state index contributed by atoms with van der Waals surface area (Å²) in [5, 5.41) is 0. The van der Waals surface area contributed by atoms with Crippen LogP contribution in [0.4, 0.5) is 0 Å². The summed E-state index contributed by atoms with van der Waals surface area (Å²) in [7, 11) is 0. The predicted octanol–water partition coefficient (Wildman–Crippen LogP) is 2.30. The van der Waals surface area contributed by atoms with Crippen molar-refractivity contribution in [1.29, 1.82) is 0 Å². The van der Waals surface area contributed by atoms with E-state index < -0.39 is 0 Å². The minimum atomic E-state index is -0.157. The van der Waals surface area contributed by atoms with Gasteiger partial charge in [0.2, 0.25) is 5.91 Å². The minimum absolute atomic E-state index is 0.0890. The molecule has 0 heterocycles. The molecule has 96 valence electrons. The Bertz CT molecular complexity index is 463. The molecule has 18 heavy (non-hydrogen) atoms. The maximum Gasteiger partial charge on any atom is 0.223 e. The molecule has 0 aliphatic heterocycles. The number of hydrogen-bond acceptors (Lipinski definition) is 2. The molecule has 1 aliphatic rings. The summed E-state index contributed by atoms with van der Waals surface area (Å²) in [5.74, 6) is 0.0627. The molecule has 0 N–H and O–H groups in total. The summed E-state index contributed by atoms with van der Waals surface area (Å²) in [4.78, 5) is 26.0. The second-order valence-electron chi connectivity index (χ2n) is 4.69. The van der Waals surface area contributed by atoms with Gasteiger partial charge in [-0.2, -0.15) is 0 Å². The lowest BCUT2D eigenvalue weighted by molar-refractivity contribution is -0.131. The maximum absolute atomic E-state index is 12.2. The second kappa shape index (κ2) is 5.34. The zero-order valence-electron chi connectivity index (χ0n) is 11.0. The molecule has 0 aromatic heterocycles. The number of nitrogens with zero attached hydrogens (tertiary/aromatic N) is 1. The molecule has 1 aromatic rings. The van der Waals surface area contributed by atoms with E-state index in [1.165, 1.54) is 0 Å². The van der Waals surface area contributed by atoms with Gasteiger partial charge in [-0.3, -0.25) is 9.59 Å². The van der Waals surface area contributed by atoms with Crippen LogP contribution in [0.2, 0.25) is 0 Å². The van der Waals surface area contributed by atoms with Gasteiger partial charge in [0.05, 0.1) is 0 Å². The number of fused-ring (bicyclic) bond motifs is 1. The van der Waals surface area contributed by atoms with E-state index in [0.29, 0.717) is 25.9 Å². The number of carbonyl (C=O) groups is 2. The first-order valence-corrected chi connectivity index (χ1v) is 6.57. The maximum atomic E-state index is 12.2. The molecule has 1 aliphatic carbocycles. The number of benzene rings is 1. The summed E-state index contributed by atoms with van der Waals surface area (Å²) < 4.78 is 0. The van der Waals surface area contributed by atoms with Crippen molar-refractivity contribution in [2.75, 3.05) is 13.1 Å². The van der Waals surface area contributed by atoms with Crippen LogP contribution < -0.4 is 0 Å². The summed E-state index contributed by atoms with van der Waals surface area (Å²) in [6.45, 7) is 5.35. The Morgan fingerprint density at radius 2 is 1.94 bits per heavy atom. The Labute approximate surface area is 108 Å². The first-order valence-electron chi connectivity index (χ1n) is 6.57. The summed E-state index contributed by atoms with van der Waals surface area (Å²) in [6, 6.07) is 7.67. The Kier molecular flexibility index (Phi) is 3.80. The smallest absolute Gasteiger partial charge is 0.223 e. The van der Waals surface area contributed by atoms with Crippen LogP contribution in [0.3, 0.4) is 0 Å². The molecule has 3 nitrogen and oxygen atoms in total. The number of ketones is 1. The highest BCUT2D eigenvalue weighted by atomic mass is 16.2. The van der Waals surface area contributed by atoms with Crippen molar-refractivity contribution < 1.29 is 9.59 Å². The van der Waals surface area contributed by atoms with E-state index in [0.717, 1.165) is 11.1 Å². The van der Waals surface area contributed by atoms with Crippen LogP contribution in [-0.4, -0.2) is 29.7 Å². The Morgan fingerprint density at radius 1 is 1.28 bits per heavy atom. The van der Waals surface area contributed by atoms with Crippen molar-refractivity contribution in [2.45, 2.75) is 26.7 Å². The van der Waals surface area contributed by atoms with E-state index in [-0.39, 0.29) is 17.6 Å². The average molecular weight is 245 g/mol. The van der Waals surface area contributed by atoms with Crippen molar-refractivity contribution >= 4 is 11.7 Å². The molecule has 1 atom stereocenters. The van der Waals surface area contributed by atoms with Gasteiger partial charge < -0.3 is 4.90 Å². The Hall–Kier alpha value is -1.64. The van der Waals surface area contributed by atoms with Crippen molar-refractivity contribution in [3.63, 3.8) is 0 Å². The predicted molar refractivity (Wildman–Crippen MR) is 70.5 cm³/mol. The van der Waals surface area contributed by atoms with Gasteiger partial charge in [-0.05, 0) is 25.8 Å². The zero-order chi connectivity index (χ0) is 13.1. The SMILES string of the molecule is CCN(CC)C(=O)CC1Cc2ccccc2C1=O. The van der Waals surface area contributed by atoms with Gasteiger partial charge in [0.15, 0.2) is 5.78 Å². The fraction of sp³-hybridized carbons (Fsp3) is 0.467. The van der Waals surface area contributed by atoms with Crippen molar-refractivity contribution in [3.05, 3.63) is 35.4 Å². The highest BCUT2D eigenvalue weighted by molar-refractivity contribution is 6.03. The molecule has 3 heteroatoms. The molecule has 1 aromatic carbocycles. The topological polar surface area (TPSA) is 37.4 Å². The molecule has 0 fully saturated rings. The van der Waals surface area contributed by atoms with E-state index in [9.17, 15) is 9.59 Å². The standard InChI is InChI=1S/C15H19NO2/c1-3-16(4-2)14(17)10-12-9-11-7-5-6-8-13(11)15(12)18/h5-8,12H,3-4,9-10H2,1-2H3. The molecule has 1 unspecified atom stereocenters. The molecule has 0 saturated carbocycles. The Balaban J connectivity index is 2.06. The van der Waals surface area contributed by atoms with Gasteiger partial charge in [-0.25, -0.2) is 0 Å². The van der Waals surface area contributed by atoms with Crippen molar-refractivity contribution in [1.82, 2.24) is 4.90 Å². The van der Waals surface area contributed by atoms with E-state index in [1.54, 1.807) is 4.90 Å². The lowest BCUT2D eigenvalue weighted by atomic mass is 10.00. The zero-order valence-corrected chi connectivity index (χ0v) is 11.0. The van der Waals surface area contributed by atoms with Gasteiger partial charge in [0, 0.05) is 31.0 Å². The van der Waals surface area contributed by atoms with Crippen LogP contribution >= 0.6 is 0 Å². The lowest BCUT2D eigenvalue weighted by Crippen LogP contribution is -2.32. The van der Waals surface area contributed by atoms with Gasteiger partial charge in [-0.15, -0.1) is 0 Å². The third-order valence-corrected chi connectivity index (χ3v) is 3.66. The molecule has 0 spiro atoms. The molecular weight excluding hydrogens is 226 g/mol. The molecule has 0 radical (unpaired) electrons. The van der Waals surface area contributed by atoms with Crippen molar-refractivity contribution in [3.8, 4) is 0 Å². The Morgan fingerprint density at radius 3 is 2.56 bits per heavy atom. The third-order valence-electron chi connectivity index (χ3n) is 3.66. The minimum Gasteiger partial charge on any atom is -0.343 e. The second-order valence-corrected chi connectivity index (χ2v) is 4.69. The van der Waals surface area contributed by atoms with Crippen LogP contribution in [-0.2, 0) is 11.2 Å². The number of amides is 1. The summed E-state index contributed by atoms with van der Waals surface area (Å²) in [5.41, 5.74) is 1.88. The van der Waals surface area contributed by atoms with E-state index in [4.69, 9.17) is 0 Å². The lowest BCUT2D eigenvalue weighted by Gasteiger charge is -2.20. The summed E-state index contributed by atoms with van der Waals surface area (Å²) >= 11 is 0.